The number of carbonyl (C=O) groups is 2. The molecular formula is C23H32N4O3. The maximum Gasteiger partial charge on any atom is 0.253 e. The lowest BCUT2D eigenvalue weighted by Gasteiger charge is -2.63. The zero-order valence-corrected chi connectivity index (χ0v) is 17.7. The summed E-state index contributed by atoms with van der Waals surface area (Å²) in [4.78, 5) is 33.8. The fourth-order valence-corrected chi connectivity index (χ4v) is 6.12. The fraction of sp³-hybridized carbons (Fsp3) is 0.652. The first-order valence-electron chi connectivity index (χ1n) is 11.2. The monoisotopic (exact) mass is 412 g/mol. The molecule has 1 aromatic carbocycles. The molecule has 0 aromatic heterocycles. The summed E-state index contributed by atoms with van der Waals surface area (Å²) in [5.41, 5.74) is 0.690. The number of carbonyl (C=O) groups excluding carboxylic acids is 2. The number of piperazine rings is 1. The molecule has 0 unspecified atom stereocenters. The highest BCUT2D eigenvalue weighted by Crippen LogP contribution is 2.41. The standard InChI is InChI=1S/C23H32N4O3/c1-17(28)24-9-7-19(8-10-24)26-15-23(16-26)14-25(12-20-11-21(29)13-27(20)23)22(30)18-5-3-2-4-6-18/h2-6,19-21,29H,7-16H2,1H3/t20-,21+/m0/s1. The van der Waals surface area contributed by atoms with Crippen molar-refractivity contribution in [3.8, 4) is 0 Å². The van der Waals surface area contributed by atoms with Gasteiger partial charge in [-0.2, -0.15) is 0 Å². The number of aliphatic hydroxyl groups excluding tert-OH is 1. The van der Waals surface area contributed by atoms with E-state index in [1.54, 1.807) is 6.92 Å². The Kier molecular flexibility index (Phi) is 5.08. The van der Waals surface area contributed by atoms with Gasteiger partial charge in [0.15, 0.2) is 0 Å². The SMILES string of the molecule is CC(=O)N1CCC(N2CC3(CN(C(=O)c4ccccc4)C[C@@H]4C[C@@H](O)CN43)C2)CC1. The molecule has 2 amide bonds. The van der Waals surface area contributed by atoms with E-state index >= 15 is 0 Å². The molecule has 4 heterocycles. The van der Waals surface area contributed by atoms with Gasteiger partial charge in [0, 0.05) is 70.4 Å². The van der Waals surface area contributed by atoms with E-state index in [1.165, 1.54) is 0 Å². The molecule has 1 aromatic rings. The maximum atomic E-state index is 13.2. The third-order valence-electron chi connectivity index (χ3n) is 7.65. The van der Waals surface area contributed by atoms with Crippen molar-refractivity contribution >= 4 is 11.8 Å². The number of fused-ring (bicyclic) bond motifs is 2. The first-order valence-corrected chi connectivity index (χ1v) is 11.2. The van der Waals surface area contributed by atoms with Crippen molar-refractivity contribution in [3.05, 3.63) is 35.9 Å². The summed E-state index contributed by atoms with van der Waals surface area (Å²) in [5.74, 6) is 0.272. The van der Waals surface area contributed by atoms with E-state index in [0.29, 0.717) is 19.1 Å². The molecule has 4 aliphatic rings. The third-order valence-corrected chi connectivity index (χ3v) is 7.65. The lowest BCUT2D eigenvalue weighted by molar-refractivity contribution is -0.136. The number of β-amino-alcohol motifs (C(OH)–C–C–N with tert-alkyl or cyclic N) is 1. The summed E-state index contributed by atoms with van der Waals surface area (Å²) in [6.07, 6.45) is 2.49. The number of amides is 2. The molecule has 4 fully saturated rings. The van der Waals surface area contributed by atoms with Gasteiger partial charge in [-0.1, -0.05) is 18.2 Å². The van der Waals surface area contributed by atoms with E-state index in [4.69, 9.17) is 0 Å². The largest absolute Gasteiger partial charge is 0.392 e. The van der Waals surface area contributed by atoms with Gasteiger partial charge < -0.3 is 14.9 Å². The minimum Gasteiger partial charge on any atom is -0.392 e. The van der Waals surface area contributed by atoms with Gasteiger partial charge in [0.05, 0.1) is 11.6 Å². The minimum atomic E-state index is -0.300. The zero-order valence-electron chi connectivity index (χ0n) is 17.7. The molecule has 5 rings (SSSR count). The van der Waals surface area contributed by atoms with Crippen molar-refractivity contribution in [2.24, 2.45) is 0 Å². The maximum absolute atomic E-state index is 13.2. The summed E-state index contributed by atoms with van der Waals surface area (Å²) >= 11 is 0. The van der Waals surface area contributed by atoms with Gasteiger partial charge in [0.1, 0.15) is 0 Å². The number of hydrogen-bond donors (Lipinski definition) is 1. The van der Waals surface area contributed by atoms with Crippen LogP contribution in [0.1, 0.15) is 36.5 Å². The molecular weight excluding hydrogens is 380 g/mol. The number of likely N-dealkylation sites (tertiary alicyclic amines) is 2. The summed E-state index contributed by atoms with van der Waals surface area (Å²) in [7, 11) is 0. The quantitative estimate of drug-likeness (QED) is 0.772. The van der Waals surface area contributed by atoms with Gasteiger partial charge in [-0.3, -0.25) is 19.4 Å². The van der Waals surface area contributed by atoms with Crippen molar-refractivity contribution in [2.45, 2.75) is 49.9 Å². The van der Waals surface area contributed by atoms with Gasteiger partial charge in [-0.25, -0.2) is 0 Å². The number of piperidine rings is 1. The average Bonchev–Trinajstić information content (AvgIpc) is 3.12. The van der Waals surface area contributed by atoms with Crippen LogP contribution in [0.5, 0.6) is 0 Å². The van der Waals surface area contributed by atoms with Crippen LogP contribution in [0.15, 0.2) is 30.3 Å². The van der Waals surface area contributed by atoms with Crippen molar-refractivity contribution < 1.29 is 14.7 Å². The second-order valence-corrected chi connectivity index (χ2v) is 9.61. The lowest BCUT2D eigenvalue weighted by atomic mass is 9.81. The van der Waals surface area contributed by atoms with Gasteiger partial charge in [-0.15, -0.1) is 0 Å². The van der Waals surface area contributed by atoms with Crippen LogP contribution in [-0.4, -0.2) is 106 Å². The molecule has 1 spiro atoms. The van der Waals surface area contributed by atoms with Gasteiger partial charge in [0.2, 0.25) is 5.91 Å². The number of aliphatic hydroxyl groups is 1. The topological polar surface area (TPSA) is 67.3 Å². The highest BCUT2D eigenvalue weighted by atomic mass is 16.3. The third kappa shape index (κ3) is 3.43. The van der Waals surface area contributed by atoms with E-state index < -0.39 is 0 Å². The predicted molar refractivity (Wildman–Crippen MR) is 113 cm³/mol. The lowest BCUT2D eigenvalue weighted by Crippen LogP contribution is -2.79. The van der Waals surface area contributed by atoms with Crippen LogP contribution in [0.25, 0.3) is 0 Å². The van der Waals surface area contributed by atoms with Crippen molar-refractivity contribution in [2.75, 3.05) is 45.8 Å². The highest BCUT2D eigenvalue weighted by molar-refractivity contribution is 5.94. The Labute approximate surface area is 178 Å². The Morgan fingerprint density at radius 2 is 1.67 bits per heavy atom. The van der Waals surface area contributed by atoms with Gasteiger partial charge >= 0.3 is 0 Å². The average molecular weight is 413 g/mol. The van der Waals surface area contributed by atoms with Crippen LogP contribution in [0.4, 0.5) is 0 Å². The van der Waals surface area contributed by atoms with E-state index in [1.807, 2.05) is 40.1 Å². The summed E-state index contributed by atoms with van der Waals surface area (Å²) in [6, 6.07) is 10.3. The zero-order chi connectivity index (χ0) is 20.9. The van der Waals surface area contributed by atoms with Crippen LogP contribution < -0.4 is 0 Å². The second-order valence-electron chi connectivity index (χ2n) is 9.61. The van der Waals surface area contributed by atoms with Crippen LogP contribution >= 0.6 is 0 Å². The molecule has 4 aliphatic heterocycles. The molecule has 4 saturated heterocycles. The van der Waals surface area contributed by atoms with Crippen molar-refractivity contribution in [3.63, 3.8) is 0 Å². The van der Waals surface area contributed by atoms with Crippen LogP contribution in [0.2, 0.25) is 0 Å². The van der Waals surface area contributed by atoms with E-state index in [-0.39, 0.29) is 29.5 Å². The molecule has 0 aliphatic carbocycles. The summed E-state index contributed by atoms with van der Waals surface area (Å²) in [5, 5.41) is 10.4. The number of rotatable bonds is 2. The van der Waals surface area contributed by atoms with Crippen molar-refractivity contribution in [1.29, 1.82) is 0 Å². The first-order chi connectivity index (χ1) is 14.4. The molecule has 7 heteroatoms. The Morgan fingerprint density at radius 1 is 0.967 bits per heavy atom. The number of hydrogen-bond acceptors (Lipinski definition) is 5. The molecule has 162 valence electrons. The molecule has 2 atom stereocenters. The predicted octanol–water partition coefficient (Wildman–Crippen LogP) is 0.643. The van der Waals surface area contributed by atoms with E-state index in [9.17, 15) is 14.7 Å². The van der Waals surface area contributed by atoms with Gasteiger partial charge in [0.25, 0.3) is 5.91 Å². The Morgan fingerprint density at radius 3 is 2.33 bits per heavy atom. The first kappa shape index (κ1) is 20.0. The Hall–Kier alpha value is -1.96. The highest BCUT2D eigenvalue weighted by Gasteiger charge is 2.57. The Balaban J connectivity index is 1.29. The molecule has 0 radical (unpaired) electrons. The molecule has 30 heavy (non-hydrogen) atoms. The molecule has 0 saturated carbocycles. The van der Waals surface area contributed by atoms with Crippen molar-refractivity contribution in [1.82, 2.24) is 19.6 Å². The minimum absolute atomic E-state index is 0.0530. The van der Waals surface area contributed by atoms with E-state index in [0.717, 1.165) is 57.5 Å². The van der Waals surface area contributed by atoms with Crippen LogP contribution in [-0.2, 0) is 4.79 Å². The number of nitrogens with zero attached hydrogens (tertiary/aromatic N) is 4. The number of benzene rings is 1. The summed E-state index contributed by atoms with van der Waals surface area (Å²) < 4.78 is 0. The van der Waals surface area contributed by atoms with Crippen LogP contribution in [0, 0.1) is 0 Å². The molecule has 0 bridgehead atoms. The van der Waals surface area contributed by atoms with Crippen LogP contribution in [0.3, 0.4) is 0 Å². The Bertz CT molecular complexity index is 802. The molecule has 1 N–H and O–H groups in total. The fourth-order valence-electron chi connectivity index (χ4n) is 6.12. The summed E-state index contributed by atoms with van der Waals surface area (Å²) in [6.45, 7) is 7.36. The van der Waals surface area contributed by atoms with Gasteiger partial charge in [-0.05, 0) is 31.4 Å². The normalized spacial score (nSPS) is 29.7. The smallest absolute Gasteiger partial charge is 0.253 e. The van der Waals surface area contributed by atoms with E-state index in [2.05, 4.69) is 9.80 Å². The second kappa shape index (κ2) is 7.62. The molecule has 7 nitrogen and oxygen atoms in total.